The minimum Gasteiger partial charge on any atom is -0.370 e. The number of rotatable bonds is 3. The minimum atomic E-state index is -0.104. The Hall–Kier alpha value is -2.08. The van der Waals surface area contributed by atoms with Crippen LogP contribution in [0.3, 0.4) is 0 Å². The molecule has 0 aliphatic carbocycles. The van der Waals surface area contributed by atoms with Crippen LogP contribution in [-0.2, 0) is 4.74 Å². The lowest BCUT2D eigenvalue weighted by Crippen LogP contribution is -2.42. The lowest BCUT2D eigenvalue weighted by atomic mass is 10.1. The topological polar surface area (TPSA) is 58.8 Å². The van der Waals surface area contributed by atoms with Gasteiger partial charge < -0.3 is 20.3 Å². The van der Waals surface area contributed by atoms with E-state index in [0.29, 0.717) is 30.3 Å². The molecule has 142 valence electrons. The monoisotopic (exact) mass is 385 g/mol. The van der Waals surface area contributed by atoms with Crippen molar-refractivity contribution in [2.24, 2.45) is 5.73 Å². The lowest BCUT2D eigenvalue weighted by Gasteiger charge is -2.33. The summed E-state index contributed by atoms with van der Waals surface area (Å²) in [5, 5.41) is 0.487. The molecule has 0 aromatic heterocycles. The third-order valence-corrected chi connectivity index (χ3v) is 5.61. The molecule has 27 heavy (non-hydrogen) atoms. The van der Waals surface area contributed by atoms with Gasteiger partial charge in [0.25, 0.3) is 5.91 Å². The number of hydrogen-bond acceptors (Lipinski definition) is 4. The molecular formula is C21H24ClN3O2. The van der Waals surface area contributed by atoms with Gasteiger partial charge >= 0.3 is 0 Å². The van der Waals surface area contributed by atoms with Crippen molar-refractivity contribution in [2.75, 3.05) is 37.7 Å². The Balaban J connectivity index is 1.49. The molecule has 0 radical (unpaired) electrons. The number of benzene rings is 2. The number of morpholine rings is 1. The van der Waals surface area contributed by atoms with E-state index >= 15 is 0 Å². The second-order valence-corrected chi connectivity index (χ2v) is 7.59. The lowest BCUT2D eigenvalue weighted by molar-refractivity contribution is -0.0228. The average molecular weight is 386 g/mol. The Morgan fingerprint density at radius 2 is 1.93 bits per heavy atom. The molecule has 5 nitrogen and oxygen atoms in total. The van der Waals surface area contributed by atoms with Crippen molar-refractivity contribution in [2.45, 2.75) is 18.6 Å². The Kier molecular flexibility index (Phi) is 5.34. The molecular weight excluding hydrogens is 362 g/mol. The number of amides is 1. The molecule has 2 unspecified atom stereocenters. The highest BCUT2D eigenvalue weighted by atomic mass is 35.5. The zero-order valence-corrected chi connectivity index (χ0v) is 15.9. The maximum atomic E-state index is 13.0. The second-order valence-electron chi connectivity index (χ2n) is 7.18. The van der Waals surface area contributed by atoms with Crippen LogP contribution in [0, 0.1) is 0 Å². The number of anilines is 1. The smallest absolute Gasteiger partial charge is 0.255 e. The first-order valence-electron chi connectivity index (χ1n) is 9.38. The van der Waals surface area contributed by atoms with Crippen molar-refractivity contribution >= 4 is 23.2 Å². The number of halogens is 1. The quantitative estimate of drug-likeness (QED) is 0.882. The molecule has 0 spiro atoms. The van der Waals surface area contributed by atoms with Crippen LogP contribution in [0.5, 0.6) is 0 Å². The highest BCUT2D eigenvalue weighted by molar-refractivity contribution is 6.34. The Morgan fingerprint density at radius 1 is 1.11 bits per heavy atom. The van der Waals surface area contributed by atoms with E-state index in [-0.39, 0.29) is 18.1 Å². The van der Waals surface area contributed by atoms with E-state index in [1.165, 1.54) is 0 Å². The molecule has 2 aliphatic rings. The molecule has 1 amide bonds. The van der Waals surface area contributed by atoms with Crippen LogP contribution in [0.1, 0.15) is 28.4 Å². The van der Waals surface area contributed by atoms with E-state index in [1.807, 2.05) is 53.4 Å². The first-order chi connectivity index (χ1) is 13.1. The van der Waals surface area contributed by atoms with Crippen LogP contribution in [0.2, 0.25) is 5.02 Å². The first kappa shape index (κ1) is 18.3. The fourth-order valence-electron chi connectivity index (χ4n) is 3.77. The van der Waals surface area contributed by atoms with E-state index in [4.69, 9.17) is 22.1 Å². The van der Waals surface area contributed by atoms with Crippen LogP contribution in [0.4, 0.5) is 5.69 Å². The number of carbonyl (C=O) groups is 1. The number of carbonyl (C=O) groups excluding carboxylic acids is 1. The largest absolute Gasteiger partial charge is 0.370 e. The van der Waals surface area contributed by atoms with E-state index < -0.39 is 0 Å². The van der Waals surface area contributed by atoms with Crippen molar-refractivity contribution in [3.05, 3.63) is 64.7 Å². The third-order valence-electron chi connectivity index (χ3n) is 5.30. The van der Waals surface area contributed by atoms with E-state index in [1.54, 1.807) is 0 Å². The molecule has 2 atom stereocenters. The Bertz CT molecular complexity index is 814. The van der Waals surface area contributed by atoms with Gasteiger partial charge in [-0.15, -0.1) is 0 Å². The standard InChI is InChI=1S/C21H24ClN3O2/c22-19-12-17(24-9-8-16(23)13-24)6-7-18(19)21(26)25-10-11-27-20(14-25)15-4-2-1-3-5-15/h1-7,12,16,20H,8-11,13-14,23H2. The van der Waals surface area contributed by atoms with E-state index in [9.17, 15) is 4.79 Å². The van der Waals surface area contributed by atoms with Gasteiger partial charge in [0.2, 0.25) is 0 Å². The number of hydrogen-bond donors (Lipinski definition) is 1. The summed E-state index contributed by atoms with van der Waals surface area (Å²) >= 11 is 6.48. The zero-order chi connectivity index (χ0) is 18.8. The van der Waals surface area contributed by atoms with Gasteiger partial charge in [0.05, 0.1) is 23.7 Å². The van der Waals surface area contributed by atoms with Crippen LogP contribution in [0.15, 0.2) is 48.5 Å². The maximum Gasteiger partial charge on any atom is 0.255 e. The fourth-order valence-corrected chi connectivity index (χ4v) is 4.03. The predicted octanol–water partition coefficient (Wildman–Crippen LogP) is 3.09. The SMILES string of the molecule is NC1CCN(c2ccc(C(=O)N3CCOC(c4ccccc4)C3)c(Cl)c2)C1. The molecule has 2 N–H and O–H groups in total. The van der Waals surface area contributed by atoms with Crippen LogP contribution in [-0.4, -0.2) is 49.6 Å². The molecule has 2 saturated heterocycles. The summed E-state index contributed by atoms with van der Waals surface area (Å²) in [5.74, 6) is -0.0473. The van der Waals surface area contributed by atoms with Crippen molar-refractivity contribution in [1.29, 1.82) is 0 Å². The fraction of sp³-hybridized carbons (Fsp3) is 0.381. The Labute approximate surface area is 164 Å². The predicted molar refractivity (Wildman–Crippen MR) is 107 cm³/mol. The summed E-state index contributed by atoms with van der Waals surface area (Å²) in [4.78, 5) is 17.1. The second kappa shape index (κ2) is 7.89. The Morgan fingerprint density at radius 3 is 2.63 bits per heavy atom. The summed E-state index contributed by atoms with van der Waals surface area (Å²) in [7, 11) is 0. The van der Waals surface area contributed by atoms with Crippen molar-refractivity contribution in [1.82, 2.24) is 4.90 Å². The van der Waals surface area contributed by atoms with Gasteiger partial charge in [-0.1, -0.05) is 41.9 Å². The van der Waals surface area contributed by atoms with Gasteiger partial charge in [-0.25, -0.2) is 0 Å². The van der Waals surface area contributed by atoms with Crippen molar-refractivity contribution < 1.29 is 9.53 Å². The van der Waals surface area contributed by atoms with Gasteiger partial charge in [-0.05, 0) is 30.2 Å². The molecule has 2 heterocycles. The summed E-state index contributed by atoms with van der Waals surface area (Å²) in [5.41, 5.74) is 8.64. The van der Waals surface area contributed by atoms with Gasteiger partial charge in [-0.3, -0.25) is 4.79 Å². The summed E-state index contributed by atoms with van der Waals surface area (Å²) in [6, 6.07) is 15.9. The minimum absolute atomic E-state index is 0.0473. The molecule has 0 saturated carbocycles. The van der Waals surface area contributed by atoms with Gasteiger partial charge in [-0.2, -0.15) is 0 Å². The maximum absolute atomic E-state index is 13.0. The van der Waals surface area contributed by atoms with Crippen molar-refractivity contribution in [3.8, 4) is 0 Å². The van der Waals surface area contributed by atoms with Crippen LogP contribution in [0.25, 0.3) is 0 Å². The van der Waals surface area contributed by atoms with Gasteiger partial charge in [0, 0.05) is 31.4 Å². The van der Waals surface area contributed by atoms with Crippen LogP contribution >= 0.6 is 11.6 Å². The molecule has 4 rings (SSSR count). The number of ether oxygens (including phenoxy) is 1. The molecule has 0 bridgehead atoms. The molecule has 2 aliphatic heterocycles. The van der Waals surface area contributed by atoms with E-state index in [0.717, 1.165) is 30.8 Å². The normalized spacial score (nSPS) is 22.9. The highest BCUT2D eigenvalue weighted by Gasteiger charge is 2.28. The third kappa shape index (κ3) is 3.95. The summed E-state index contributed by atoms with van der Waals surface area (Å²) in [6.45, 7) is 3.37. The van der Waals surface area contributed by atoms with Gasteiger partial charge in [0.15, 0.2) is 0 Å². The van der Waals surface area contributed by atoms with Crippen molar-refractivity contribution in [3.63, 3.8) is 0 Å². The summed E-state index contributed by atoms with van der Waals surface area (Å²) in [6.07, 6.45) is 0.875. The van der Waals surface area contributed by atoms with E-state index in [2.05, 4.69) is 4.90 Å². The number of nitrogens with two attached hydrogens (primary N) is 1. The molecule has 2 fully saturated rings. The van der Waals surface area contributed by atoms with Crippen LogP contribution < -0.4 is 10.6 Å². The molecule has 2 aromatic carbocycles. The van der Waals surface area contributed by atoms with Gasteiger partial charge in [0.1, 0.15) is 6.10 Å². The average Bonchev–Trinajstić information content (AvgIpc) is 3.14. The zero-order valence-electron chi connectivity index (χ0n) is 15.2. The number of nitrogens with zero attached hydrogens (tertiary/aromatic N) is 2. The molecule has 2 aromatic rings. The first-order valence-corrected chi connectivity index (χ1v) is 9.75. The highest BCUT2D eigenvalue weighted by Crippen LogP contribution is 2.29. The molecule has 6 heteroatoms. The summed E-state index contributed by atoms with van der Waals surface area (Å²) < 4.78 is 5.86.